The largest absolute Gasteiger partial charge is 0.490 e. The van der Waals surface area contributed by atoms with E-state index in [4.69, 9.17) is 21.1 Å². The van der Waals surface area contributed by atoms with Gasteiger partial charge in [-0.05, 0) is 80.4 Å². The summed E-state index contributed by atoms with van der Waals surface area (Å²) in [6, 6.07) is 16.4. The Hall–Kier alpha value is -3.82. The summed E-state index contributed by atoms with van der Waals surface area (Å²) in [5.74, 6) is 0.462. The molecule has 0 atom stereocenters. The minimum Gasteiger partial charge on any atom is -0.490 e. The van der Waals surface area contributed by atoms with Crippen molar-refractivity contribution in [3.63, 3.8) is 0 Å². The van der Waals surface area contributed by atoms with Crippen molar-refractivity contribution >= 4 is 39.4 Å². The molecule has 0 spiro atoms. The number of aryl methyl sites for hydroxylation is 2. The fraction of sp³-hybridized carbons (Fsp3) is 0.214. The first-order valence-corrected chi connectivity index (χ1v) is 13.7. The molecule has 0 aromatic heterocycles. The van der Waals surface area contributed by atoms with Gasteiger partial charge in [0.1, 0.15) is 13.2 Å². The van der Waals surface area contributed by atoms with E-state index in [1.807, 2.05) is 13.8 Å². The summed E-state index contributed by atoms with van der Waals surface area (Å²) in [5.41, 5.74) is 4.92. The second-order valence-corrected chi connectivity index (χ2v) is 10.6. The predicted octanol–water partition coefficient (Wildman–Crippen LogP) is 5.27. The SMILES string of the molecule is C=CCOc1ccc(/C=N\NC(=O)CN(c2ccc(Cl)cc2C)S(=O)(=O)c2ccc(C)cc2)cc1OCC. The molecule has 1 N–H and O–H groups in total. The van der Waals surface area contributed by atoms with Crippen LogP contribution >= 0.6 is 11.6 Å². The minimum atomic E-state index is -4.06. The molecule has 0 aliphatic heterocycles. The molecule has 200 valence electrons. The Bertz CT molecular complexity index is 1420. The summed E-state index contributed by atoms with van der Waals surface area (Å²) in [4.78, 5) is 12.9. The summed E-state index contributed by atoms with van der Waals surface area (Å²) in [7, 11) is -4.06. The third-order valence-corrected chi connectivity index (χ3v) is 7.36. The Balaban J connectivity index is 1.82. The first-order valence-electron chi connectivity index (χ1n) is 11.8. The van der Waals surface area contributed by atoms with Gasteiger partial charge in [-0.1, -0.05) is 42.0 Å². The molecule has 0 radical (unpaired) electrons. The maximum Gasteiger partial charge on any atom is 0.264 e. The Morgan fingerprint density at radius 2 is 1.79 bits per heavy atom. The molecule has 0 aliphatic carbocycles. The lowest BCUT2D eigenvalue weighted by molar-refractivity contribution is -0.119. The van der Waals surface area contributed by atoms with Crippen molar-refractivity contribution in [1.29, 1.82) is 0 Å². The van der Waals surface area contributed by atoms with Crippen LogP contribution in [0.5, 0.6) is 11.5 Å². The highest BCUT2D eigenvalue weighted by atomic mass is 35.5. The van der Waals surface area contributed by atoms with E-state index in [1.54, 1.807) is 61.5 Å². The second kappa shape index (κ2) is 13.1. The van der Waals surface area contributed by atoms with Crippen LogP contribution in [-0.4, -0.2) is 40.3 Å². The van der Waals surface area contributed by atoms with Gasteiger partial charge >= 0.3 is 0 Å². The highest BCUT2D eigenvalue weighted by Gasteiger charge is 2.28. The molecule has 0 unspecified atom stereocenters. The Morgan fingerprint density at radius 3 is 2.45 bits per heavy atom. The Morgan fingerprint density at radius 1 is 1.05 bits per heavy atom. The second-order valence-electron chi connectivity index (χ2n) is 8.29. The summed E-state index contributed by atoms with van der Waals surface area (Å²) >= 11 is 6.08. The van der Waals surface area contributed by atoms with Gasteiger partial charge in [-0.2, -0.15) is 5.10 Å². The van der Waals surface area contributed by atoms with Gasteiger partial charge in [0.05, 0.1) is 23.4 Å². The zero-order valence-corrected chi connectivity index (χ0v) is 23.1. The molecule has 10 heteroatoms. The molecule has 38 heavy (non-hydrogen) atoms. The number of carbonyl (C=O) groups is 1. The molecule has 3 rings (SSSR count). The van der Waals surface area contributed by atoms with Crippen LogP contribution in [0, 0.1) is 13.8 Å². The van der Waals surface area contributed by atoms with Crippen molar-refractivity contribution in [2.24, 2.45) is 5.10 Å². The molecular weight excluding hydrogens is 526 g/mol. The smallest absolute Gasteiger partial charge is 0.264 e. The van der Waals surface area contributed by atoms with Crippen LogP contribution in [-0.2, 0) is 14.8 Å². The van der Waals surface area contributed by atoms with Gasteiger partial charge in [-0.3, -0.25) is 9.10 Å². The number of nitrogens with zero attached hydrogens (tertiary/aromatic N) is 2. The lowest BCUT2D eigenvalue weighted by Crippen LogP contribution is -2.40. The number of benzene rings is 3. The number of halogens is 1. The van der Waals surface area contributed by atoms with Crippen LogP contribution < -0.4 is 19.2 Å². The van der Waals surface area contributed by atoms with Crippen LogP contribution in [0.2, 0.25) is 5.02 Å². The van der Waals surface area contributed by atoms with E-state index < -0.39 is 22.5 Å². The minimum absolute atomic E-state index is 0.0657. The summed E-state index contributed by atoms with van der Waals surface area (Å²) in [6.45, 7) is 9.37. The third-order valence-electron chi connectivity index (χ3n) is 5.35. The van der Waals surface area contributed by atoms with Crippen molar-refractivity contribution in [3.05, 3.63) is 95.0 Å². The third kappa shape index (κ3) is 7.36. The van der Waals surface area contributed by atoms with Crippen LogP contribution in [0.3, 0.4) is 0 Å². The van der Waals surface area contributed by atoms with Gasteiger partial charge in [0, 0.05) is 5.02 Å². The standard InChI is InChI=1S/C28H30ClN3O5S/c1-5-15-37-26-14-9-22(17-27(26)36-6-2)18-30-31-28(33)19-32(25-13-10-23(29)16-21(25)4)38(34,35)24-11-7-20(3)8-12-24/h5,7-14,16-18H,1,6,15,19H2,2-4H3,(H,31,33)/b30-18-. The number of ether oxygens (including phenoxy) is 2. The fourth-order valence-corrected chi connectivity index (χ4v) is 5.23. The molecule has 0 heterocycles. The van der Waals surface area contributed by atoms with Crippen molar-refractivity contribution in [1.82, 2.24) is 5.43 Å². The Labute approximate surface area is 228 Å². The maximum absolute atomic E-state index is 13.6. The van der Waals surface area contributed by atoms with E-state index >= 15 is 0 Å². The number of anilines is 1. The number of rotatable bonds is 12. The Kier molecular flexibility index (Phi) is 9.92. The number of amides is 1. The van der Waals surface area contributed by atoms with Gasteiger partial charge in [-0.15, -0.1) is 0 Å². The van der Waals surface area contributed by atoms with Crippen molar-refractivity contribution in [2.75, 3.05) is 24.1 Å². The number of carbonyl (C=O) groups excluding carboxylic acids is 1. The molecule has 3 aromatic carbocycles. The van der Waals surface area contributed by atoms with Crippen LogP contribution in [0.4, 0.5) is 5.69 Å². The first kappa shape index (κ1) is 28.7. The molecular formula is C28H30ClN3O5S. The monoisotopic (exact) mass is 555 g/mol. The highest BCUT2D eigenvalue weighted by Crippen LogP contribution is 2.29. The lowest BCUT2D eigenvalue weighted by atomic mass is 10.2. The average molecular weight is 556 g/mol. The van der Waals surface area contributed by atoms with Gasteiger partial charge in [0.25, 0.3) is 15.9 Å². The van der Waals surface area contributed by atoms with E-state index in [1.165, 1.54) is 18.3 Å². The summed E-state index contributed by atoms with van der Waals surface area (Å²) in [6.07, 6.45) is 3.07. The molecule has 0 aliphatic rings. The maximum atomic E-state index is 13.6. The van der Waals surface area contributed by atoms with E-state index in [9.17, 15) is 13.2 Å². The predicted molar refractivity (Wildman–Crippen MR) is 151 cm³/mol. The average Bonchev–Trinajstić information content (AvgIpc) is 2.87. The normalized spacial score (nSPS) is 11.3. The molecule has 0 bridgehead atoms. The van der Waals surface area contributed by atoms with E-state index in [0.717, 1.165) is 9.87 Å². The van der Waals surface area contributed by atoms with Gasteiger partial charge in [0.2, 0.25) is 0 Å². The molecule has 0 saturated carbocycles. The molecule has 1 amide bonds. The van der Waals surface area contributed by atoms with Gasteiger partial charge in [-0.25, -0.2) is 13.8 Å². The number of hydrogen-bond acceptors (Lipinski definition) is 6. The molecule has 3 aromatic rings. The van der Waals surface area contributed by atoms with Gasteiger partial charge in [0.15, 0.2) is 11.5 Å². The number of hydrazone groups is 1. The number of hydrogen-bond donors (Lipinski definition) is 1. The molecule has 0 saturated heterocycles. The number of sulfonamides is 1. The summed E-state index contributed by atoms with van der Waals surface area (Å²) in [5, 5.41) is 4.46. The first-order chi connectivity index (χ1) is 18.1. The lowest BCUT2D eigenvalue weighted by Gasteiger charge is -2.25. The topological polar surface area (TPSA) is 97.3 Å². The summed E-state index contributed by atoms with van der Waals surface area (Å²) < 4.78 is 39.4. The quantitative estimate of drug-likeness (QED) is 0.187. The van der Waals surface area contributed by atoms with Gasteiger partial charge < -0.3 is 9.47 Å². The zero-order chi connectivity index (χ0) is 27.7. The van der Waals surface area contributed by atoms with Crippen LogP contribution in [0.1, 0.15) is 23.6 Å². The van der Waals surface area contributed by atoms with E-state index in [2.05, 4.69) is 17.1 Å². The highest BCUT2D eigenvalue weighted by molar-refractivity contribution is 7.92. The fourth-order valence-electron chi connectivity index (χ4n) is 3.52. The number of nitrogens with one attached hydrogen (secondary N) is 1. The molecule has 8 nitrogen and oxygen atoms in total. The van der Waals surface area contributed by atoms with E-state index in [0.29, 0.717) is 46.5 Å². The zero-order valence-electron chi connectivity index (χ0n) is 21.5. The molecule has 0 fully saturated rings. The van der Waals surface area contributed by atoms with E-state index in [-0.39, 0.29) is 4.90 Å². The van der Waals surface area contributed by atoms with Crippen molar-refractivity contribution in [2.45, 2.75) is 25.7 Å². The van der Waals surface area contributed by atoms with Crippen molar-refractivity contribution < 1.29 is 22.7 Å². The van der Waals surface area contributed by atoms with Crippen molar-refractivity contribution in [3.8, 4) is 11.5 Å². The van der Waals surface area contributed by atoms with Crippen LogP contribution in [0.25, 0.3) is 0 Å². The van der Waals surface area contributed by atoms with Crippen LogP contribution in [0.15, 0.2) is 83.3 Å².